The molecule has 1 aliphatic carbocycles. The second kappa shape index (κ2) is 7.26. The number of hydrogen-bond acceptors (Lipinski definition) is 4. The van der Waals surface area contributed by atoms with E-state index in [4.69, 9.17) is 4.74 Å². The number of ether oxygens (including phenoxy) is 1. The summed E-state index contributed by atoms with van der Waals surface area (Å²) in [7, 11) is 0. The third-order valence-corrected chi connectivity index (χ3v) is 4.08. The van der Waals surface area contributed by atoms with Crippen molar-refractivity contribution < 1.29 is 9.53 Å². The lowest BCUT2D eigenvalue weighted by atomic mass is 9.98. The third-order valence-electron chi connectivity index (χ3n) is 4.08. The molecule has 2 atom stereocenters. The normalized spacial score (nSPS) is 20.7. The maximum Gasteiger partial charge on any atom is 0.330 e. The minimum Gasteiger partial charge on any atom is -0.463 e. The van der Waals surface area contributed by atoms with E-state index in [-0.39, 0.29) is 23.5 Å². The monoisotopic (exact) mass is 318 g/mol. The summed E-state index contributed by atoms with van der Waals surface area (Å²) in [4.78, 5) is 37.3. The van der Waals surface area contributed by atoms with Crippen molar-refractivity contribution >= 4 is 5.97 Å². The number of H-pyrrole nitrogens is 1. The Kier molecular flexibility index (Phi) is 5.36. The molecule has 1 heterocycles. The van der Waals surface area contributed by atoms with Gasteiger partial charge in [0.05, 0.1) is 12.6 Å². The van der Waals surface area contributed by atoms with Crippen LogP contribution in [0, 0.1) is 12.8 Å². The summed E-state index contributed by atoms with van der Waals surface area (Å²) in [6, 6.07) is -0.121. The van der Waals surface area contributed by atoms with Gasteiger partial charge in [0.1, 0.15) is 0 Å². The van der Waals surface area contributed by atoms with Crippen LogP contribution in [0.4, 0.5) is 0 Å². The number of hydrogen-bond donors (Lipinski definition) is 1. The maximum atomic E-state index is 12.0. The standard InChI is InChI=1S/C17H22N2O4/c1-4-12-8-14(9-13(12)6-7-15(20)23-5-2)19-10-11(3)16(21)18-17(19)22/h6-7,9-10,12,14H,4-5,8H2,1-3H3,(H,18,21,22)/b7-6+/t12-,14+/m0/s1. The first-order valence-electron chi connectivity index (χ1n) is 7.84. The lowest BCUT2D eigenvalue weighted by molar-refractivity contribution is -0.137. The topological polar surface area (TPSA) is 81.2 Å². The quantitative estimate of drug-likeness (QED) is 0.664. The Labute approximate surface area is 134 Å². The summed E-state index contributed by atoms with van der Waals surface area (Å²) in [5.41, 5.74) is 0.748. The highest BCUT2D eigenvalue weighted by Gasteiger charge is 2.26. The molecule has 1 aromatic rings. The number of nitrogens with one attached hydrogen (secondary N) is 1. The third kappa shape index (κ3) is 3.88. The molecular weight excluding hydrogens is 296 g/mol. The van der Waals surface area contributed by atoms with E-state index >= 15 is 0 Å². The molecule has 0 unspecified atom stereocenters. The van der Waals surface area contributed by atoms with E-state index in [0.29, 0.717) is 12.2 Å². The predicted molar refractivity (Wildman–Crippen MR) is 87.4 cm³/mol. The van der Waals surface area contributed by atoms with Crippen molar-refractivity contribution in [1.82, 2.24) is 9.55 Å². The van der Waals surface area contributed by atoms with Crippen molar-refractivity contribution in [1.29, 1.82) is 0 Å². The van der Waals surface area contributed by atoms with Gasteiger partial charge in [0.25, 0.3) is 5.56 Å². The summed E-state index contributed by atoms with van der Waals surface area (Å²) >= 11 is 0. The van der Waals surface area contributed by atoms with Crippen LogP contribution in [-0.2, 0) is 9.53 Å². The van der Waals surface area contributed by atoms with Crippen molar-refractivity contribution in [3.05, 3.63) is 56.4 Å². The summed E-state index contributed by atoms with van der Waals surface area (Å²) in [5.74, 6) is -0.103. The highest BCUT2D eigenvalue weighted by molar-refractivity contribution is 5.82. The lowest BCUT2D eigenvalue weighted by Gasteiger charge is -2.14. The maximum absolute atomic E-state index is 12.0. The Hall–Kier alpha value is -2.37. The fourth-order valence-corrected chi connectivity index (χ4v) is 2.83. The van der Waals surface area contributed by atoms with Crippen LogP contribution in [0.1, 0.15) is 38.3 Å². The van der Waals surface area contributed by atoms with Crippen LogP contribution >= 0.6 is 0 Å². The van der Waals surface area contributed by atoms with E-state index < -0.39 is 5.69 Å². The van der Waals surface area contributed by atoms with Gasteiger partial charge in [-0.25, -0.2) is 9.59 Å². The minimum absolute atomic E-state index is 0.121. The molecule has 1 aromatic heterocycles. The molecule has 6 nitrogen and oxygen atoms in total. The van der Waals surface area contributed by atoms with Gasteiger partial charge in [-0.3, -0.25) is 14.3 Å². The molecule has 124 valence electrons. The van der Waals surface area contributed by atoms with E-state index in [1.54, 1.807) is 30.7 Å². The van der Waals surface area contributed by atoms with Gasteiger partial charge in [-0.15, -0.1) is 0 Å². The zero-order valence-corrected chi connectivity index (χ0v) is 13.7. The first kappa shape index (κ1) is 17.0. The average molecular weight is 318 g/mol. The molecule has 0 bridgehead atoms. The number of aryl methyl sites for hydroxylation is 1. The lowest BCUT2D eigenvalue weighted by Crippen LogP contribution is -2.32. The molecule has 0 saturated heterocycles. The van der Waals surface area contributed by atoms with Crippen LogP contribution in [0.25, 0.3) is 0 Å². The van der Waals surface area contributed by atoms with Gasteiger partial charge in [0.15, 0.2) is 0 Å². The molecule has 1 aliphatic rings. The average Bonchev–Trinajstić information content (AvgIpc) is 2.92. The minimum atomic E-state index is -0.410. The van der Waals surface area contributed by atoms with Crippen LogP contribution in [0.2, 0.25) is 0 Å². The molecule has 2 rings (SSSR count). The van der Waals surface area contributed by atoms with E-state index in [0.717, 1.165) is 18.4 Å². The van der Waals surface area contributed by atoms with Crippen molar-refractivity contribution in [3.8, 4) is 0 Å². The second-order valence-corrected chi connectivity index (χ2v) is 5.64. The van der Waals surface area contributed by atoms with Gasteiger partial charge < -0.3 is 4.74 Å². The largest absolute Gasteiger partial charge is 0.463 e. The molecular formula is C17H22N2O4. The Balaban J connectivity index is 2.29. The van der Waals surface area contributed by atoms with Gasteiger partial charge in [0, 0.05) is 17.8 Å². The van der Waals surface area contributed by atoms with E-state index in [2.05, 4.69) is 11.9 Å². The van der Waals surface area contributed by atoms with E-state index in [1.807, 2.05) is 6.08 Å². The molecule has 0 aromatic carbocycles. The van der Waals surface area contributed by atoms with E-state index in [1.165, 1.54) is 6.08 Å². The predicted octanol–water partition coefficient (Wildman–Crippen LogP) is 1.86. The summed E-state index contributed by atoms with van der Waals surface area (Å²) < 4.78 is 6.43. The molecule has 0 radical (unpaired) electrons. The van der Waals surface area contributed by atoms with Crippen LogP contribution in [0.5, 0.6) is 0 Å². The highest BCUT2D eigenvalue weighted by Crippen LogP contribution is 2.35. The van der Waals surface area contributed by atoms with Gasteiger partial charge >= 0.3 is 11.7 Å². The van der Waals surface area contributed by atoms with Crippen LogP contribution in [0.3, 0.4) is 0 Å². The van der Waals surface area contributed by atoms with Crippen LogP contribution < -0.4 is 11.2 Å². The zero-order chi connectivity index (χ0) is 17.0. The molecule has 0 saturated carbocycles. The van der Waals surface area contributed by atoms with Crippen molar-refractivity contribution in [3.63, 3.8) is 0 Å². The zero-order valence-electron chi connectivity index (χ0n) is 13.7. The molecule has 0 spiro atoms. The Morgan fingerprint density at radius 2 is 2.17 bits per heavy atom. The summed E-state index contributed by atoms with van der Waals surface area (Å²) in [6.07, 6.45) is 8.42. The fourth-order valence-electron chi connectivity index (χ4n) is 2.83. The van der Waals surface area contributed by atoms with Gasteiger partial charge in [-0.05, 0) is 38.2 Å². The Bertz CT molecular complexity index is 755. The second-order valence-electron chi connectivity index (χ2n) is 5.64. The van der Waals surface area contributed by atoms with Crippen molar-refractivity contribution in [2.24, 2.45) is 5.92 Å². The van der Waals surface area contributed by atoms with E-state index in [9.17, 15) is 14.4 Å². The molecule has 1 N–H and O–H groups in total. The molecule has 6 heteroatoms. The number of aromatic nitrogens is 2. The van der Waals surface area contributed by atoms with Gasteiger partial charge in [-0.1, -0.05) is 19.1 Å². The number of carbonyl (C=O) groups excluding carboxylic acids is 1. The molecule has 0 amide bonds. The number of nitrogens with zero attached hydrogens (tertiary/aromatic N) is 1. The Morgan fingerprint density at radius 3 is 2.83 bits per heavy atom. The first-order valence-corrected chi connectivity index (χ1v) is 7.84. The van der Waals surface area contributed by atoms with Crippen molar-refractivity contribution in [2.45, 2.75) is 39.7 Å². The number of allylic oxidation sites excluding steroid dienone is 3. The van der Waals surface area contributed by atoms with Crippen LogP contribution in [0.15, 0.2) is 39.6 Å². The van der Waals surface area contributed by atoms with Gasteiger partial charge in [-0.2, -0.15) is 0 Å². The fraction of sp³-hybridized carbons (Fsp3) is 0.471. The highest BCUT2D eigenvalue weighted by atomic mass is 16.5. The SMILES string of the molecule is CCOC(=O)/C=C/C1=C[C@H](n2cc(C)c(=O)[nH]c2=O)C[C@@H]1CC. The smallest absolute Gasteiger partial charge is 0.330 e. The molecule has 23 heavy (non-hydrogen) atoms. The number of carbonyl (C=O) groups is 1. The molecule has 0 fully saturated rings. The summed E-state index contributed by atoms with van der Waals surface area (Å²) in [5, 5.41) is 0. The number of esters is 1. The van der Waals surface area contributed by atoms with Crippen LogP contribution in [-0.4, -0.2) is 22.1 Å². The van der Waals surface area contributed by atoms with Crippen molar-refractivity contribution in [2.75, 3.05) is 6.61 Å². The van der Waals surface area contributed by atoms with Gasteiger partial charge in [0.2, 0.25) is 0 Å². The molecule has 0 aliphatic heterocycles. The number of rotatable bonds is 5. The number of aromatic amines is 1. The first-order chi connectivity index (χ1) is 11.0. The summed E-state index contributed by atoms with van der Waals surface area (Å²) in [6.45, 7) is 5.84. The Morgan fingerprint density at radius 1 is 1.43 bits per heavy atom.